The van der Waals surface area contributed by atoms with E-state index in [2.05, 4.69) is 143 Å². The van der Waals surface area contributed by atoms with Crippen LogP contribution in [0.5, 0.6) is 0 Å². The molecule has 9 rings (SSSR count). The lowest BCUT2D eigenvalue weighted by Crippen LogP contribution is -2.53. The molecule has 3 nitrogen and oxygen atoms in total. The third-order valence-corrected chi connectivity index (χ3v) is 9.54. The maximum Gasteiger partial charge on any atom is 0.249 e. The van der Waals surface area contributed by atoms with Gasteiger partial charge in [-0.25, -0.2) is 0 Å². The van der Waals surface area contributed by atoms with E-state index in [4.69, 9.17) is 11.0 Å². The first-order valence-corrected chi connectivity index (χ1v) is 15.1. The Kier molecular flexibility index (Phi) is 5.30. The zero-order valence-corrected chi connectivity index (χ0v) is 23.8. The van der Waals surface area contributed by atoms with Gasteiger partial charge in [-0.15, -0.1) is 0 Å². The first-order valence-electron chi connectivity index (χ1n) is 15.1. The predicted octanol–water partition coefficient (Wildman–Crippen LogP) is 8.92. The highest BCUT2D eigenvalue weighted by Crippen LogP contribution is 2.46. The summed E-state index contributed by atoms with van der Waals surface area (Å²) in [5.41, 5.74) is 12.8. The van der Waals surface area contributed by atoms with Crippen LogP contribution in [0.4, 0.5) is 0 Å². The van der Waals surface area contributed by atoms with Crippen LogP contribution in [0.3, 0.4) is 0 Å². The molecule has 2 unspecified atom stereocenters. The van der Waals surface area contributed by atoms with Gasteiger partial charge in [0, 0.05) is 46.2 Å². The van der Waals surface area contributed by atoms with Crippen LogP contribution in [0.15, 0.2) is 145 Å². The maximum atomic E-state index is 6.95. The molecule has 0 saturated carbocycles. The highest BCUT2D eigenvalue weighted by Gasteiger charge is 2.46. The molecule has 3 aromatic heterocycles. The quantitative estimate of drug-likeness (QED) is 0.186. The summed E-state index contributed by atoms with van der Waals surface area (Å²) < 4.78 is 11.7. The molecule has 0 radical (unpaired) electrons. The molecule has 0 amide bonds. The second kappa shape index (κ2) is 9.37. The van der Waals surface area contributed by atoms with E-state index in [0.717, 1.165) is 57.3 Å². The number of aromatic nitrogens is 2. The van der Waals surface area contributed by atoms with Crippen molar-refractivity contribution >= 4 is 27.6 Å². The van der Waals surface area contributed by atoms with Crippen LogP contribution in [0.1, 0.15) is 29.5 Å². The number of para-hydroxylation sites is 1. The molecule has 0 N–H and O–H groups in total. The van der Waals surface area contributed by atoms with Gasteiger partial charge in [0.05, 0.1) is 11.5 Å². The van der Waals surface area contributed by atoms with Gasteiger partial charge < -0.3 is 4.42 Å². The second-order valence-electron chi connectivity index (χ2n) is 11.7. The standard InChI is InChI=1S/C40H30N2O/c1-26-38-32(30-14-5-6-15-31(30)35-18-7-10-25-42(35)38)22-20-28-21-23-34-33-17-11-16-29(27-12-3-2-4-13-27)39(33)43-40(34)37(28)36-19-8-9-24-41(26)36/h2-19,21,23-25,32,38H,1,20,22H2/q+2. The zero-order chi connectivity index (χ0) is 28.5. The minimum Gasteiger partial charge on any atom is -0.454 e. The van der Waals surface area contributed by atoms with E-state index < -0.39 is 0 Å². The number of pyridine rings is 2. The Morgan fingerprint density at radius 2 is 1.37 bits per heavy atom. The Labute approximate surface area is 250 Å². The van der Waals surface area contributed by atoms with Gasteiger partial charge in [0.1, 0.15) is 11.2 Å². The number of rotatable bonds is 1. The fourth-order valence-electron chi connectivity index (χ4n) is 7.64. The lowest BCUT2D eigenvalue weighted by atomic mass is 9.78. The van der Waals surface area contributed by atoms with Crippen molar-refractivity contribution in [2.45, 2.75) is 24.8 Å². The summed E-state index contributed by atoms with van der Waals surface area (Å²) in [6.45, 7) is 4.82. The molecule has 0 saturated heterocycles. The molecule has 5 heterocycles. The summed E-state index contributed by atoms with van der Waals surface area (Å²) in [6.07, 6.45) is 6.34. The van der Waals surface area contributed by atoms with E-state index >= 15 is 0 Å². The monoisotopic (exact) mass is 554 g/mol. The van der Waals surface area contributed by atoms with Gasteiger partial charge in [0.2, 0.25) is 23.1 Å². The fourth-order valence-corrected chi connectivity index (χ4v) is 7.64. The van der Waals surface area contributed by atoms with E-state index in [0.29, 0.717) is 0 Å². The molecule has 0 spiro atoms. The molecule has 4 aromatic carbocycles. The molecule has 43 heavy (non-hydrogen) atoms. The van der Waals surface area contributed by atoms with Gasteiger partial charge in [-0.05, 0) is 54.3 Å². The van der Waals surface area contributed by atoms with Crippen molar-refractivity contribution in [2.24, 2.45) is 0 Å². The molecule has 2 aliphatic heterocycles. The molecule has 204 valence electrons. The average molecular weight is 555 g/mol. The van der Waals surface area contributed by atoms with Gasteiger partial charge in [0.25, 0.3) is 0 Å². The van der Waals surface area contributed by atoms with E-state index in [1.54, 1.807) is 0 Å². The highest BCUT2D eigenvalue weighted by atomic mass is 16.3. The van der Waals surface area contributed by atoms with Gasteiger partial charge in [-0.1, -0.05) is 78.9 Å². The van der Waals surface area contributed by atoms with Crippen molar-refractivity contribution < 1.29 is 13.6 Å². The molecule has 2 atom stereocenters. The number of hydrogen-bond acceptors (Lipinski definition) is 1. The Hall–Kier alpha value is -5.28. The Morgan fingerprint density at radius 1 is 0.628 bits per heavy atom. The normalized spacial score (nSPS) is 17.2. The molecule has 0 fully saturated rings. The van der Waals surface area contributed by atoms with Crippen molar-refractivity contribution in [2.75, 3.05) is 0 Å². The molecular formula is C40H30N2O+2. The lowest BCUT2D eigenvalue weighted by molar-refractivity contribution is -0.727. The van der Waals surface area contributed by atoms with Crippen LogP contribution in [0, 0.1) is 0 Å². The van der Waals surface area contributed by atoms with E-state index in [-0.39, 0.29) is 12.0 Å². The smallest absolute Gasteiger partial charge is 0.249 e. The number of nitrogens with zero attached hydrogens (tertiary/aromatic N) is 2. The van der Waals surface area contributed by atoms with E-state index in [9.17, 15) is 0 Å². The van der Waals surface area contributed by atoms with Crippen molar-refractivity contribution in [3.8, 4) is 33.6 Å². The van der Waals surface area contributed by atoms with E-state index in [1.165, 1.54) is 27.9 Å². The van der Waals surface area contributed by atoms with Crippen molar-refractivity contribution in [1.29, 1.82) is 0 Å². The minimum absolute atomic E-state index is 0.0856. The first kappa shape index (κ1) is 24.3. The minimum atomic E-state index is 0.0856. The molecule has 0 bridgehead atoms. The van der Waals surface area contributed by atoms with Gasteiger partial charge in [-0.2, -0.15) is 9.13 Å². The summed E-state index contributed by atoms with van der Waals surface area (Å²) in [7, 11) is 0. The number of aryl methyl sites for hydroxylation is 1. The molecule has 7 aromatic rings. The van der Waals surface area contributed by atoms with Gasteiger partial charge >= 0.3 is 0 Å². The van der Waals surface area contributed by atoms with Gasteiger partial charge in [0.15, 0.2) is 12.4 Å². The van der Waals surface area contributed by atoms with Crippen LogP contribution in [-0.2, 0) is 6.42 Å². The molecule has 0 aliphatic carbocycles. The Bertz CT molecular complexity index is 2230. The molecule has 2 aliphatic rings. The number of furan rings is 1. The average Bonchev–Trinajstić information content (AvgIpc) is 3.47. The maximum absolute atomic E-state index is 6.95. The fraction of sp³-hybridized carbons (Fsp3) is 0.100. The summed E-state index contributed by atoms with van der Waals surface area (Å²) >= 11 is 0. The summed E-state index contributed by atoms with van der Waals surface area (Å²) in [5, 5.41) is 2.29. The highest BCUT2D eigenvalue weighted by molar-refractivity contribution is 6.13. The Morgan fingerprint density at radius 3 is 2.28 bits per heavy atom. The second-order valence-corrected chi connectivity index (χ2v) is 11.7. The predicted molar refractivity (Wildman–Crippen MR) is 172 cm³/mol. The zero-order valence-electron chi connectivity index (χ0n) is 23.8. The number of fused-ring (bicyclic) bond motifs is 13. The summed E-state index contributed by atoms with van der Waals surface area (Å²) in [5.74, 6) is 0.283. The number of benzene rings is 4. The largest absolute Gasteiger partial charge is 0.454 e. The number of hydrogen-bond donors (Lipinski definition) is 0. The summed E-state index contributed by atoms with van der Waals surface area (Å²) in [4.78, 5) is 0. The van der Waals surface area contributed by atoms with Crippen LogP contribution in [-0.4, -0.2) is 0 Å². The van der Waals surface area contributed by atoms with Crippen LogP contribution < -0.4 is 9.13 Å². The van der Waals surface area contributed by atoms with Crippen LogP contribution in [0.25, 0.3) is 61.3 Å². The van der Waals surface area contributed by atoms with Crippen molar-refractivity contribution in [1.82, 2.24) is 0 Å². The molecular weight excluding hydrogens is 524 g/mol. The third kappa shape index (κ3) is 3.55. The van der Waals surface area contributed by atoms with E-state index in [1.807, 2.05) is 0 Å². The van der Waals surface area contributed by atoms with Crippen molar-refractivity contribution in [3.63, 3.8) is 0 Å². The number of allylic oxidation sites excluding steroid dienone is 1. The van der Waals surface area contributed by atoms with Gasteiger partial charge in [-0.3, -0.25) is 0 Å². The summed E-state index contributed by atoms with van der Waals surface area (Å²) in [6, 6.07) is 43.6. The topological polar surface area (TPSA) is 20.9 Å². The SMILES string of the molecule is C=C1C2C(CCc3ccc4c(oc5c(-c6ccccc6)cccc54)c3-c3cccc[n+]31)c1ccccc1-c1cccc[n+]12. The van der Waals surface area contributed by atoms with Crippen molar-refractivity contribution in [3.05, 3.63) is 151 Å². The molecule has 3 heteroatoms. The third-order valence-electron chi connectivity index (χ3n) is 9.54. The Balaban J connectivity index is 1.32. The first-order chi connectivity index (χ1) is 21.3. The lowest BCUT2D eigenvalue weighted by Gasteiger charge is -2.29. The van der Waals surface area contributed by atoms with Crippen LogP contribution >= 0.6 is 0 Å². The van der Waals surface area contributed by atoms with Crippen LogP contribution in [0.2, 0.25) is 0 Å².